The second-order valence-electron chi connectivity index (χ2n) is 6.86. The normalized spacial score (nSPS) is 13.2. The van der Waals surface area contributed by atoms with Crippen molar-refractivity contribution in [2.75, 3.05) is 10.6 Å². The summed E-state index contributed by atoms with van der Waals surface area (Å²) in [5, 5.41) is 17.6. The largest absolute Gasteiger partial charge is 0.326 e. The fourth-order valence-corrected chi connectivity index (χ4v) is 2.98. The van der Waals surface area contributed by atoms with E-state index >= 15 is 0 Å². The Hall–Kier alpha value is -3.55. The third-order valence-electron chi connectivity index (χ3n) is 4.43. The summed E-state index contributed by atoms with van der Waals surface area (Å²) in [4.78, 5) is 23.5. The molecule has 1 fully saturated rings. The third-order valence-corrected chi connectivity index (χ3v) is 4.43. The van der Waals surface area contributed by atoms with Crippen LogP contribution in [-0.4, -0.2) is 32.0 Å². The summed E-state index contributed by atoms with van der Waals surface area (Å²) in [6.07, 6.45) is 2.43. The van der Waals surface area contributed by atoms with Crippen LogP contribution < -0.4 is 10.6 Å². The highest BCUT2D eigenvalue weighted by atomic mass is 16.2. The molecule has 2 amide bonds. The number of tetrazole rings is 1. The van der Waals surface area contributed by atoms with E-state index in [-0.39, 0.29) is 18.2 Å². The molecule has 0 aliphatic heterocycles. The van der Waals surface area contributed by atoms with E-state index in [2.05, 4.69) is 26.2 Å². The molecule has 0 atom stereocenters. The number of hydrogen-bond donors (Lipinski definition) is 2. The van der Waals surface area contributed by atoms with E-state index in [0.29, 0.717) is 23.2 Å². The Kier molecular flexibility index (Phi) is 4.84. The number of anilines is 2. The molecule has 28 heavy (non-hydrogen) atoms. The minimum absolute atomic E-state index is 0.119. The lowest BCUT2D eigenvalue weighted by atomic mass is 10.1. The first-order valence-corrected chi connectivity index (χ1v) is 9.13. The van der Waals surface area contributed by atoms with E-state index in [0.717, 1.165) is 24.0 Å². The fourth-order valence-electron chi connectivity index (χ4n) is 2.98. The second kappa shape index (κ2) is 7.59. The van der Waals surface area contributed by atoms with Gasteiger partial charge in [-0.3, -0.25) is 9.59 Å². The van der Waals surface area contributed by atoms with E-state index in [1.165, 1.54) is 6.92 Å². The molecule has 1 saturated carbocycles. The number of benzene rings is 2. The van der Waals surface area contributed by atoms with Crippen LogP contribution >= 0.6 is 0 Å². The maximum absolute atomic E-state index is 12.4. The van der Waals surface area contributed by atoms with Crippen molar-refractivity contribution < 1.29 is 9.59 Å². The Morgan fingerprint density at radius 3 is 2.57 bits per heavy atom. The van der Waals surface area contributed by atoms with E-state index in [1.54, 1.807) is 12.1 Å². The Morgan fingerprint density at radius 1 is 1.07 bits per heavy atom. The summed E-state index contributed by atoms with van der Waals surface area (Å²) in [6, 6.07) is 15.1. The fraction of sp³-hybridized carbons (Fsp3) is 0.250. The summed E-state index contributed by atoms with van der Waals surface area (Å²) < 4.78 is 1.84. The molecule has 1 aliphatic rings. The Morgan fingerprint density at radius 2 is 1.86 bits per heavy atom. The lowest BCUT2D eigenvalue weighted by Gasteiger charge is -2.08. The van der Waals surface area contributed by atoms with Crippen LogP contribution in [0.2, 0.25) is 0 Å². The monoisotopic (exact) mass is 376 g/mol. The summed E-state index contributed by atoms with van der Waals surface area (Å²) >= 11 is 0. The molecule has 1 heterocycles. The van der Waals surface area contributed by atoms with Crippen molar-refractivity contribution in [1.29, 1.82) is 0 Å². The van der Waals surface area contributed by atoms with Gasteiger partial charge in [-0.15, -0.1) is 5.10 Å². The minimum atomic E-state index is -0.127. The van der Waals surface area contributed by atoms with Crippen molar-refractivity contribution in [3.8, 4) is 11.4 Å². The molecule has 2 aromatic carbocycles. The smallest absolute Gasteiger partial charge is 0.228 e. The van der Waals surface area contributed by atoms with Crippen LogP contribution in [0.4, 0.5) is 11.4 Å². The highest BCUT2D eigenvalue weighted by molar-refractivity contribution is 5.93. The van der Waals surface area contributed by atoms with Crippen LogP contribution in [0.3, 0.4) is 0 Å². The highest BCUT2D eigenvalue weighted by Crippen LogP contribution is 2.36. The highest BCUT2D eigenvalue weighted by Gasteiger charge is 2.28. The van der Waals surface area contributed by atoms with E-state index in [9.17, 15) is 9.59 Å². The van der Waals surface area contributed by atoms with Crippen molar-refractivity contribution in [3.63, 3.8) is 0 Å². The zero-order chi connectivity index (χ0) is 19.5. The molecule has 4 rings (SSSR count). The van der Waals surface area contributed by atoms with Crippen LogP contribution in [-0.2, 0) is 16.0 Å². The summed E-state index contributed by atoms with van der Waals surface area (Å²) in [5.41, 5.74) is 3.13. The summed E-state index contributed by atoms with van der Waals surface area (Å²) in [7, 11) is 0. The minimum Gasteiger partial charge on any atom is -0.326 e. The van der Waals surface area contributed by atoms with Gasteiger partial charge >= 0.3 is 0 Å². The van der Waals surface area contributed by atoms with E-state index in [4.69, 9.17) is 0 Å². The molecule has 0 saturated heterocycles. The number of carbonyl (C=O) groups is 2. The van der Waals surface area contributed by atoms with Gasteiger partial charge in [-0.1, -0.05) is 24.3 Å². The van der Waals surface area contributed by atoms with Gasteiger partial charge in [0.15, 0.2) is 5.82 Å². The van der Waals surface area contributed by atoms with Crippen LogP contribution in [0.15, 0.2) is 48.5 Å². The lowest BCUT2D eigenvalue weighted by Crippen LogP contribution is -2.14. The molecule has 0 spiro atoms. The molecule has 1 aromatic heterocycles. The average Bonchev–Trinajstić information content (AvgIpc) is 3.39. The van der Waals surface area contributed by atoms with Crippen LogP contribution in [0.1, 0.15) is 31.4 Å². The van der Waals surface area contributed by atoms with E-state index < -0.39 is 0 Å². The van der Waals surface area contributed by atoms with Crippen molar-refractivity contribution in [3.05, 3.63) is 54.1 Å². The molecule has 0 unspecified atom stereocenters. The molecule has 8 nitrogen and oxygen atoms in total. The van der Waals surface area contributed by atoms with Gasteiger partial charge in [0.2, 0.25) is 11.8 Å². The van der Waals surface area contributed by atoms with Gasteiger partial charge in [-0.25, -0.2) is 4.68 Å². The van der Waals surface area contributed by atoms with Gasteiger partial charge in [0.1, 0.15) is 0 Å². The maximum Gasteiger partial charge on any atom is 0.228 e. The number of nitrogens with zero attached hydrogens (tertiary/aromatic N) is 4. The van der Waals surface area contributed by atoms with Gasteiger partial charge in [0.25, 0.3) is 0 Å². The molecular weight excluding hydrogens is 356 g/mol. The molecule has 0 radical (unpaired) electrons. The predicted octanol–water partition coefficient (Wildman–Crippen LogP) is 2.81. The maximum atomic E-state index is 12.4. The van der Waals surface area contributed by atoms with Gasteiger partial charge in [-0.05, 0) is 53.1 Å². The first-order valence-electron chi connectivity index (χ1n) is 9.13. The second-order valence-corrected chi connectivity index (χ2v) is 6.86. The predicted molar refractivity (Wildman–Crippen MR) is 105 cm³/mol. The zero-order valence-electron chi connectivity index (χ0n) is 15.4. The number of carbonyl (C=O) groups excluding carboxylic acids is 2. The Labute approximate surface area is 162 Å². The van der Waals surface area contributed by atoms with Crippen LogP contribution in [0, 0.1) is 0 Å². The summed E-state index contributed by atoms with van der Waals surface area (Å²) in [6.45, 7) is 1.46. The molecule has 2 N–H and O–H groups in total. The molecule has 3 aromatic rings. The van der Waals surface area contributed by atoms with Gasteiger partial charge in [0, 0.05) is 23.9 Å². The van der Waals surface area contributed by atoms with Crippen LogP contribution in [0.25, 0.3) is 11.4 Å². The zero-order valence-corrected chi connectivity index (χ0v) is 15.4. The van der Waals surface area contributed by atoms with Gasteiger partial charge < -0.3 is 10.6 Å². The van der Waals surface area contributed by atoms with E-state index in [1.807, 2.05) is 41.1 Å². The number of rotatable bonds is 6. The SMILES string of the molecule is CC(=O)Nc1ccc(CC(=O)Nc2cccc(-c3nnnn3C3CC3)c2)cc1. The Balaban J connectivity index is 1.42. The van der Waals surface area contributed by atoms with Crippen molar-refractivity contribution in [2.45, 2.75) is 32.2 Å². The number of nitrogens with one attached hydrogen (secondary N) is 2. The number of hydrogen-bond acceptors (Lipinski definition) is 5. The van der Waals surface area contributed by atoms with Crippen molar-refractivity contribution >= 4 is 23.2 Å². The molecule has 142 valence electrons. The quantitative estimate of drug-likeness (QED) is 0.689. The van der Waals surface area contributed by atoms with Crippen molar-refractivity contribution in [1.82, 2.24) is 20.2 Å². The van der Waals surface area contributed by atoms with Gasteiger partial charge in [0.05, 0.1) is 12.5 Å². The topological polar surface area (TPSA) is 102 Å². The van der Waals surface area contributed by atoms with Crippen LogP contribution in [0.5, 0.6) is 0 Å². The van der Waals surface area contributed by atoms with Gasteiger partial charge in [-0.2, -0.15) is 0 Å². The van der Waals surface area contributed by atoms with Crippen molar-refractivity contribution in [2.24, 2.45) is 0 Å². The first kappa shape index (κ1) is 17.8. The number of aromatic nitrogens is 4. The molecule has 0 bridgehead atoms. The Bertz CT molecular complexity index is 1010. The molecular formula is C20H20N6O2. The standard InChI is InChI=1S/C20H20N6O2/c1-13(27)21-16-7-5-14(6-8-16)11-19(28)22-17-4-2-3-15(12-17)20-23-24-25-26(20)18-9-10-18/h2-8,12,18H,9-11H2,1H3,(H,21,27)(H,22,28). The molecule has 8 heteroatoms. The average molecular weight is 376 g/mol. The molecule has 1 aliphatic carbocycles. The third kappa shape index (κ3) is 4.22. The number of amides is 2. The lowest BCUT2D eigenvalue weighted by molar-refractivity contribution is -0.116. The first-order chi connectivity index (χ1) is 13.6. The summed E-state index contributed by atoms with van der Waals surface area (Å²) in [5.74, 6) is 0.469.